The lowest BCUT2D eigenvalue weighted by molar-refractivity contribution is -0.121. The number of nitrogens with one attached hydrogen (secondary N) is 1. The third-order valence-electron chi connectivity index (χ3n) is 3.59. The number of halogens is 3. The van der Waals surface area contributed by atoms with Gasteiger partial charge in [0.2, 0.25) is 5.91 Å². The summed E-state index contributed by atoms with van der Waals surface area (Å²) in [6.07, 6.45) is 0.404. The number of aliphatic imine (C=N–C) groups is 1. The summed E-state index contributed by atoms with van der Waals surface area (Å²) in [6, 6.07) is 11.3. The highest BCUT2D eigenvalue weighted by molar-refractivity contribution is 8.16. The van der Waals surface area contributed by atoms with Gasteiger partial charge < -0.3 is 5.32 Å². The number of amidine groups is 1. The van der Waals surface area contributed by atoms with Crippen molar-refractivity contribution < 1.29 is 9.18 Å². The van der Waals surface area contributed by atoms with E-state index in [4.69, 9.17) is 23.2 Å². The first-order valence-electron chi connectivity index (χ1n) is 7.14. The van der Waals surface area contributed by atoms with Gasteiger partial charge in [-0.2, -0.15) is 0 Å². The highest BCUT2D eigenvalue weighted by atomic mass is 35.5. The Morgan fingerprint density at radius 3 is 2.71 bits per heavy atom. The number of amides is 1. The maximum atomic E-state index is 13.3. The van der Waals surface area contributed by atoms with Crippen LogP contribution in [0.2, 0.25) is 10.0 Å². The van der Waals surface area contributed by atoms with Crippen molar-refractivity contribution in [3.8, 4) is 0 Å². The van der Waals surface area contributed by atoms with Crippen molar-refractivity contribution in [3.63, 3.8) is 0 Å². The predicted octanol–water partition coefficient (Wildman–Crippen LogP) is 4.98. The summed E-state index contributed by atoms with van der Waals surface area (Å²) in [6.45, 7) is 1.81. The van der Waals surface area contributed by atoms with E-state index in [1.165, 1.54) is 23.9 Å². The molecule has 2 aromatic carbocycles. The molecular weight excluding hydrogens is 370 g/mol. The normalized spacial score (nSPS) is 22.0. The molecule has 124 valence electrons. The maximum Gasteiger partial charge on any atom is 0.242 e. The van der Waals surface area contributed by atoms with Gasteiger partial charge in [0.25, 0.3) is 0 Å². The molecule has 1 fully saturated rings. The van der Waals surface area contributed by atoms with Gasteiger partial charge in [0.15, 0.2) is 5.17 Å². The van der Waals surface area contributed by atoms with E-state index in [9.17, 15) is 9.18 Å². The maximum absolute atomic E-state index is 13.3. The molecular formula is C17H13Cl2FN2OS. The van der Waals surface area contributed by atoms with Crippen LogP contribution in [0.25, 0.3) is 0 Å². The van der Waals surface area contributed by atoms with Crippen molar-refractivity contribution in [3.05, 3.63) is 63.9 Å². The fourth-order valence-electron chi connectivity index (χ4n) is 2.39. The number of carbonyl (C=O) groups is 1. The molecule has 1 amide bonds. The van der Waals surface area contributed by atoms with E-state index in [-0.39, 0.29) is 11.7 Å². The standard InChI is InChI=1S/C17H13Cl2FN2OS/c1-17(9-10-3-2-4-11(20)7-10)15(23)22-16(24-17)21-12-5-6-13(18)14(19)8-12/h2-8H,9H2,1H3,(H,21,22,23). The molecule has 3 nitrogen and oxygen atoms in total. The van der Waals surface area contributed by atoms with Gasteiger partial charge in [-0.05, 0) is 49.2 Å². The van der Waals surface area contributed by atoms with E-state index in [0.29, 0.717) is 27.3 Å². The molecule has 1 unspecified atom stereocenters. The summed E-state index contributed by atoms with van der Waals surface area (Å²) in [5.41, 5.74) is 1.36. The fourth-order valence-corrected chi connectivity index (χ4v) is 3.79. The number of hydrogen-bond acceptors (Lipinski definition) is 3. The fraction of sp³-hybridized carbons (Fsp3) is 0.176. The summed E-state index contributed by atoms with van der Waals surface area (Å²) in [4.78, 5) is 16.7. The molecule has 1 saturated heterocycles. The molecule has 24 heavy (non-hydrogen) atoms. The second-order valence-electron chi connectivity index (χ2n) is 5.61. The Kier molecular flexibility index (Phi) is 4.85. The van der Waals surface area contributed by atoms with E-state index in [1.54, 1.807) is 30.3 Å². The molecule has 2 aromatic rings. The second kappa shape index (κ2) is 6.75. The largest absolute Gasteiger partial charge is 0.304 e. The van der Waals surface area contributed by atoms with Crippen molar-refractivity contribution in [1.82, 2.24) is 5.32 Å². The zero-order chi connectivity index (χ0) is 17.3. The summed E-state index contributed by atoms with van der Waals surface area (Å²) in [5, 5.41) is 4.09. The number of rotatable bonds is 3. The van der Waals surface area contributed by atoms with Gasteiger partial charge in [0.05, 0.1) is 15.7 Å². The first kappa shape index (κ1) is 17.3. The van der Waals surface area contributed by atoms with E-state index < -0.39 is 4.75 Å². The van der Waals surface area contributed by atoms with Crippen LogP contribution in [0, 0.1) is 5.82 Å². The molecule has 0 aliphatic carbocycles. The van der Waals surface area contributed by atoms with Crippen LogP contribution in [-0.4, -0.2) is 15.8 Å². The summed E-state index contributed by atoms with van der Waals surface area (Å²) < 4.78 is 12.6. The predicted molar refractivity (Wildman–Crippen MR) is 97.8 cm³/mol. The summed E-state index contributed by atoms with van der Waals surface area (Å²) in [7, 11) is 0. The van der Waals surface area contributed by atoms with E-state index >= 15 is 0 Å². The first-order chi connectivity index (χ1) is 11.4. The molecule has 7 heteroatoms. The molecule has 0 radical (unpaired) electrons. The van der Waals surface area contributed by atoms with Crippen LogP contribution >= 0.6 is 35.0 Å². The Hall–Kier alpha value is -1.56. The van der Waals surface area contributed by atoms with Gasteiger partial charge in [-0.15, -0.1) is 0 Å². The molecule has 1 atom stereocenters. The second-order valence-corrected chi connectivity index (χ2v) is 7.92. The van der Waals surface area contributed by atoms with Crippen molar-refractivity contribution in [2.75, 3.05) is 0 Å². The molecule has 1 aliphatic heterocycles. The van der Waals surface area contributed by atoms with E-state index in [1.807, 2.05) is 6.92 Å². The zero-order valence-corrected chi connectivity index (χ0v) is 15.0. The van der Waals surface area contributed by atoms with Crippen molar-refractivity contribution in [2.45, 2.75) is 18.1 Å². The first-order valence-corrected chi connectivity index (χ1v) is 8.72. The van der Waals surface area contributed by atoms with Crippen LogP contribution < -0.4 is 5.32 Å². The van der Waals surface area contributed by atoms with Gasteiger partial charge >= 0.3 is 0 Å². The van der Waals surface area contributed by atoms with Crippen molar-refractivity contribution in [1.29, 1.82) is 0 Å². The topological polar surface area (TPSA) is 41.5 Å². The molecule has 1 aliphatic rings. The number of nitrogens with zero attached hydrogens (tertiary/aromatic N) is 1. The number of thioether (sulfide) groups is 1. The Balaban J connectivity index is 1.81. The molecule has 1 N–H and O–H groups in total. The van der Waals surface area contributed by atoms with Crippen LogP contribution in [0.4, 0.5) is 10.1 Å². The third kappa shape index (κ3) is 3.74. The SMILES string of the molecule is CC1(Cc2cccc(F)c2)SC(=Nc2ccc(Cl)c(Cl)c2)NC1=O. The van der Waals surface area contributed by atoms with Gasteiger partial charge in [-0.1, -0.05) is 47.1 Å². The Bertz CT molecular complexity index is 843. The van der Waals surface area contributed by atoms with Gasteiger partial charge in [0, 0.05) is 0 Å². The van der Waals surface area contributed by atoms with Gasteiger partial charge in [0.1, 0.15) is 10.6 Å². The average molecular weight is 383 g/mol. The van der Waals surface area contributed by atoms with Crippen LogP contribution in [0.5, 0.6) is 0 Å². The molecule has 0 spiro atoms. The minimum atomic E-state index is -0.747. The van der Waals surface area contributed by atoms with Crippen molar-refractivity contribution in [2.24, 2.45) is 4.99 Å². The lowest BCUT2D eigenvalue weighted by Gasteiger charge is -2.18. The average Bonchev–Trinajstić information content (AvgIpc) is 2.77. The number of benzene rings is 2. The third-order valence-corrected chi connectivity index (χ3v) is 5.49. The van der Waals surface area contributed by atoms with Crippen LogP contribution in [0.15, 0.2) is 47.5 Å². The quantitative estimate of drug-likeness (QED) is 0.812. The Morgan fingerprint density at radius 2 is 2.00 bits per heavy atom. The van der Waals surface area contributed by atoms with Crippen LogP contribution in [0.3, 0.4) is 0 Å². The van der Waals surface area contributed by atoms with Gasteiger partial charge in [-0.3, -0.25) is 4.79 Å². The monoisotopic (exact) mass is 382 g/mol. The lowest BCUT2D eigenvalue weighted by atomic mass is 9.99. The van der Waals surface area contributed by atoms with E-state index in [2.05, 4.69) is 10.3 Å². The number of carbonyl (C=O) groups excluding carboxylic acids is 1. The number of hydrogen-bond donors (Lipinski definition) is 1. The summed E-state index contributed by atoms with van der Waals surface area (Å²) >= 11 is 13.2. The highest BCUT2D eigenvalue weighted by Crippen LogP contribution is 2.36. The molecule has 1 heterocycles. The molecule has 3 rings (SSSR count). The minimum absolute atomic E-state index is 0.157. The Morgan fingerprint density at radius 1 is 1.21 bits per heavy atom. The minimum Gasteiger partial charge on any atom is -0.304 e. The van der Waals surface area contributed by atoms with Crippen LogP contribution in [0.1, 0.15) is 12.5 Å². The van der Waals surface area contributed by atoms with Gasteiger partial charge in [-0.25, -0.2) is 9.38 Å². The van der Waals surface area contributed by atoms with Crippen LogP contribution in [-0.2, 0) is 11.2 Å². The lowest BCUT2D eigenvalue weighted by Crippen LogP contribution is -2.35. The molecule has 0 saturated carbocycles. The van der Waals surface area contributed by atoms with Crippen molar-refractivity contribution >= 4 is 51.7 Å². The molecule has 0 aromatic heterocycles. The van der Waals surface area contributed by atoms with E-state index in [0.717, 1.165) is 5.56 Å². The highest BCUT2D eigenvalue weighted by Gasteiger charge is 2.42. The smallest absolute Gasteiger partial charge is 0.242 e. The Labute approximate surface area is 153 Å². The summed E-state index contributed by atoms with van der Waals surface area (Å²) in [5.74, 6) is -0.472. The molecule has 0 bridgehead atoms. The zero-order valence-electron chi connectivity index (χ0n) is 12.6.